The first-order chi connectivity index (χ1) is 16.4. The first-order valence-corrected chi connectivity index (χ1v) is 10.4. The van der Waals surface area contributed by atoms with Crippen LogP contribution < -0.4 is 20.3 Å². The first kappa shape index (κ1) is 23.3. The van der Waals surface area contributed by atoms with Crippen LogP contribution in [0.3, 0.4) is 0 Å². The topological polar surface area (TPSA) is 88.6 Å². The predicted molar refractivity (Wildman–Crippen MR) is 120 cm³/mol. The smallest absolute Gasteiger partial charge is 0.258 e. The van der Waals surface area contributed by atoms with E-state index in [2.05, 4.69) is 30.2 Å². The number of anilines is 4. The number of nitrogens with one attached hydrogen (secondary N) is 2. The number of benzene rings is 2. The van der Waals surface area contributed by atoms with E-state index in [9.17, 15) is 18.0 Å². The second-order valence-corrected chi connectivity index (χ2v) is 7.51. The van der Waals surface area contributed by atoms with Crippen molar-refractivity contribution in [2.45, 2.75) is 6.92 Å². The number of morpholine rings is 1. The van der Waals surface area contributed by atoms with Crippen LogP contribution >= 0.6 is 0 Å². The Labute approximate surface area is 193 Å². The number of nitrogens with zero attached hydrogens (tertiary/aromatic N) is 3. The molecule has 1 amide bonds. The highest BCUT2D eigenvalue weighted by Gasteiger charge is 2.23. The minimum absolute atomic E-state index is 0.317. The average molecular weight is 473 g/mol. The Morgan fingerprint density at radius 3 is 2.38 bits per heavy atom. The van der Waals surface area contributed by atoms with E-state index in [1.807, 2.05) is 13.0 Å². The third-order valence-corrected chi connectivity index (χ3v) is 5.14. The number of carbonyl (C=O) groups excluding carboxylic acids is 1. The van der Waals surface area contributed by atoms with Crippen LogP contribution in [-0.2, 0) is 4.74 Å². The van der Waals surface area contributed by atoms with Crippen LogP contribution in [0.4, 0.5) is 36.3 Å². The lowest BCUT2D eigenvalue weighted by molar-refractivity contribution is 0.102. The Morgan fingerprint density at radius 1 is 1.03 bits per heavy atom. The maximum absolute atomic E-state index is 14.3. The summed E-state index contributed by atoms with van der Waals surface area (Å²) in [7, 11) is 0.982. The monoisotopic (exact) mass is 473 g/mol. The van der Waals surface area contributed by atoms with Gasteiger partial charge in [-0.3, -0.25) is 4.79 Å². The molecule has 4 rings (SSSR count). The SMILES string of the molecule is COc1c(F)c(F)cc(C(=O)Nc2ccc(Nc3nc(C)cc(N4CCOCC4)n3)cc2)c1F. The van der Waals surface area contributed by atoms with Gasteiger partial charge in [0.05, 0.1) is 25.9 Å². The van der Waals surface area contributed by atoms with E-state index in [0.717, 1.165) is 31.7 Å². The van der Waals surface area contributed by atoms with Crippen molar-refractivity contribution in [1.29, 1.82) is 0 Å². The number of ether oxygens (including phenoxy) is 2. The summed E-state index contributed by atoms with van der Waals surface area (Å²) in [6.45, 7) is 4.64. The second-order valence-electron chi connectivity index (χ2n) is 7.51. The summed E-state index contributed by atoms with van der Waals surface area (Å²) in [5.41, 5.74) is 1.09. The van der Waals surface area contributed by atoms with Crippen molar-refractivity contribution in [3.8, 4) is 5.75 Å². The molecule has 0 aliphatic carbocycles. The van der Waals surface area contributed by atoms with E-state index in [-0.39, 0.29) is 0 Å². The molecule has 0 bridgehead atoms. The Hall–Kier alpha value is -3.86. The molecular formula is C23H22F3N5O3. The van der Waals surface area contributed by atoms with E-state index in [4.69, 9.17) is 4.74 Å². The normalized spacial score (nSPS) is 13.5. The lowest BCUT2D eigenvalue weighted by Gasteiger charge is -2.28. The number of amides is 1. The molecule has 3 aromatic rings. The molecule has 1 aromatic heterocycles. The number of aromatic nitrogens is 2. The fourth-order valence-electron chi connectivity index (χ4n) is 3.45. The van der Waals surface area contributed by atoms with Gasteiger partial charge in [-0.05, 0) is 37.3 Å². The van der Waals surface area contributed by atoms with Gasteiger partial charge < -0.3 is 25.0 Å². The fraction of sp³-hybridized carbons (Fsp3) is 0.261. The first-order valence-electron chi connectivity index (χ1n) is 10.4. The average Bonchev–Trinajstić information content (AvgIpc) is 2.83. The van der Waals surface area contributed by atoms with E-state index >= 15 is 0 Å². The maximum atomic E-state index is 14.3. The second kappa shape index (κ2) is 9.96. The molecule has 1 aliphatic heterocycles. The summed E-state index contributed by atoms with van der Waals surface area (Å²) in [5, 5.41) is 5.56. The van der Waals surface area contributed by atoms with Crippen molar-refractivity contribution >= 4 is 29.0 Å². The number of aryl methyl sites for hydroxylation is 1. The van der Waals surface area contributed by atoms with Crippen molar-refractivity contribution < 1.29 is 27.4 Å². The zero-order valence-corrected chi connectivity index (χ0v) is 18.5. The van der Waals surface area contributed by atoms with Crippen LogP contribution in [0.5, 0.6) is 5.75 Å². The van der Waals surface area contributed by atoms with Crippen molar-refractivity contribution in [3.05, 3.63) is 65.1 Å². The van der Waals surface area contributed by atoms with Gasteiger partial charge in [0.2, 0.25) is 11.8 Å². The summed E-state index contributed by atoms with van der Waals surface area (Å²) < 4.78 is 51.6. The highest BCUT2D eigenvalue weighted by molar-refractivity contribution is 6.04. The molecule has 178 valence electrons. The van der Waals surface area contributed by atoms with Crippen LogP contribution in [-0.4, -0.2) is 49.3 Å². The van der Waals surface area contributed by atoms with Crippen molar-refractivity contribution in [1.82, 2.24) is 9.97 Å². The molecule has 0 saturated carbocycles. The maximum Gasteiger partial charge on any atom is 0.258 e. The van der Waals surface area contributed by atoms with Crippen LogP contribution in [0.2, 0.25) is 0 Å². The molecule has 0 unspecified atom stereocenters. The molecular weight excluding hydrogens is 451 g/mol. The molecule has 34 heavy (non-hydrogen) atoms. The van der Waals surface area contributed by atoms with Crippen molar-refractivity contribution in [2.75, 3.05) is 48.9 Å². The summed E-state index contributed by atoms with van der Waals surface area (Å²) >= 11 is 0. The lowest BCUT2D eigenvalue weighted by Crippen LogP contribution is -2.36. The van der Waals surface area contributed by atoms with Gasteiger partial charge in [0.1, 0.15) is 5.82 Å². The Kier molecular flexibility index (Phi) is 6.82. The Bertz CT molecular complexity index is 1200. The van der Waals surface area contributed by atoms with E-state index < -0.39 is 34.7 Å². The zero-order chi connectivity index (χ0) is 24.2. The third kappa shape index (κ3) is 5.04. The number of methoxy groups -OCH3 is 1. The molecule has 0 spiro atoms. The summed E-state index contributed by atoms with van der Waals surface area (Å²) in [6, 6.07) is 8.85. The number of rotatable bonds is 6. The molecule has 0 radical (unpaired) electrons. The molecule has 2 aromatic carbocycles. The zero-order valence-electron chi connectivity index (χ0n) is 18.5. The van der Waals surface area contributed by atoms with Gasteiger partial charge in [0, 0.05) is 36.2 Å². The van der Waals surface area contributed by atoms with Gasteiger partial charge in [0.15, 0.2) is 17.4 Å². The van der Waals surface area contributed by atoms with Gasteiger partial charge in [-0.2, -0.15) is 9.37 Å². The van der Waals surface area contributed by atoms with E-state index in [1.54, 1.807) is 24.3 Å². The van der Waals surface area contributed by atoms with Crippen LogP contribution in [0.15, 0.2) is 36.4 Å². The minimum atomic E-state index is -1.50. The Balaban J connectivity index is 1.47. The summed E-state index contributed by atoms with van der Waals surface area (Å²) in [5.74, 6) is -4.88. The molecule has 1 fully saturated rings. The summed E-state index contributed by atoms with van der Waals surface area (Å²) in [6.07, 6.45) is 0. The van der Waals surface area contributed by atoms with E-state index in [0.29, 0.717) is 36.6 Å². The van der Waals surface area contributed by atoms with Gasteiger partial charge in [-0.1, -0.05) is 0 Å². The number of hydrogen-bond donors (Lipinski definition) is 2. The number of halogens is 3. The molecule has 2 N–H and O–H groups in total. The molecule has 2 heterocycles. The van der Waals surface area contributed by atoms with Crippen molar-refractivity contribution in [3.63, 3.8) is 0 Å². The lowest BCUT2D eigenvalue weighted by atomic mass is 10.1. The molecule has 1 aliphatic rings. The largest absolute Gasteiger partial charge is 0.491 e. The highest BCUT2D eigenvalue weighted by atomic mass is 19.2. The van der Waals surface area contributed by atoms with Crippen molar-refractivity contribution in [2.24, 2.45) is 0 Å². The van der Waals surface area contributed by atoms with E-state index in [1.165, 1.54) is 0 Å². The summed E-state index contributed by atoms with van der Waals surface area (Å²) in [4.78, 5) is 23.5. The standard InChI is InChI=1S/C23H22F3N5O3/c1-13-11-18(31-7-9-34-10-8-31)30-23(27-13)29-15-5-3-14(4-6-15)28-22(32)16-12-17(24)20(26)21(33-2)19(16)25/h3-6,11-12H,7-10H2,1-2H3,(H,28,32)(H,27,29,30). The van der Waals surface area contributed by atoms with Crippen LogP contribution in [0, 0.1) is 24.4 Å². The molecule has 11 heteroatoms. The Morgan fingerprint density at radius 2 is 1.71 bits per heavy atom. The van der Waals surface area contributed by atoms with Gasteiger partial charge in [-0.25, -0.2) is 13.8 Å². The minimum Gasteiger partial charge on any atom is -0.491 e. The van der Waals surface area contributed by atoms with Crippen LogP contribution in [0.1, 0.15) is 16.1 Å². The van der Waals surface area contributed by atoms with Gasteiger partial charge in [-0.15, -0.1) is 0 Å². The predicted octanol–water partition coefficient (Wildman–Crippen LogP) is 4.04. The fourth-order valence-corrected chi connectivity index (χ4v) is 3.45. The number of carbonyl (C=O) groups is 1. The van der Waals surface area contributed by atoms with Gasteiger partial charge in [0.25, 0.3) is 5.91 Å². The van der Waals surface area contributed by atoms with Crippen LogP contribution in [0.25, 0.3) is 0 Å². The molecule has 8 nitrogen and oxygen atoms in total. The number of hydrogen-bond acceptors (Lipinski definition) is 7. The highest BCUT2D eigenvalue weighted by Crippen LogP contribution is 2.28. The quantitative estimate of drug-likeness (QED) is 0.523. The third-order valence-electron chi connectivity index (χ3n) is 5.14. The molecule has 1 saturated heterocycles. The van der Waals surface area contributed by atoms with Gasteiger partial charge >= 0.3 is 0 Å². The molecule has 0 atom stereocenters.